The third-order valence-electron chi connectivity index (χ3n) is 6.68. The summed E-state index contributed by atoms with van der Waals surface area (Å²) in [4.78, 5) is 2.03. The highest BCUT2D eigenvalue weighted by Crippen LogP contribution is 2.36. The number of benzene rings is 3. The minimum Gasteiger partial charge on any atom is -0.487 e. The van der Waals surface area contributed by atoms with Gasteiger partial charge in [0.2, 0.25) is 10.0 Å². The second kappa shape index (κ2) is 11.3. The quantitative estimate of drug-likeness (QED) is 0.486. The average Bonchev–Trinajstić information content (AvgIpc) is 2.86. The first-order valence-corrected chi connectivity index (χ1v) is 13.6. The van der Waals surface area contributed by atoms with Crippen molar-refractivity contribution in [3.05, 3.63) is 83.9 Å². The SMILES string of the molecule is C[C@H]1CN([C@@H](C)CO)S(=O)(=O)c2ccc(-c3ccc(F)cc3)cc2O[C@H]1CN(C)Cc1cccc(F)c1. The van der Waals surface area contributed by atoms with Crippen molar-refractivity contribution < 1.29 is 27.0 Å². The first kappa shape index (κ1) is 27.2. The highest BCUT2D eigenvalue weighted by molar-refractivity contribution is 7.89. The van der Waals surface area contributed by atoms with Gasteiger partial charge in [-0.15, -0.1) is 0 Å². The second-order valence-corrected chi connectivity index (χ2v) is 11.6. The maximum Gasteiger partial charge on any atom is 0.247 e. The lowest BCUT2D eigenvalue weighted by atomic mass is 10.0. The number of ether oxygens (including phenoxy) is 1. The van der Waals surface area contributed by atoms with Gasteiger partial charge >= 0.3 is 0 Å². The fraction of sp³-hybridized carbons (Fsp3) is 0.357. The largest absolute Gasteiger partial charge is 0.487 e. The summed E-state index contributed by atoms with van der Waals surface area (Å²) in [6, 6.07) is 16.6. The summed E-state index contributed by atoms with van der Waals surface area (Å²) < 4.78 is 62.2. The summed E-state index contributed by atoms with van der Waals surface area (Å²) in [6.45, 7) is 4.38. The van der Waals surface area contributed by atoms with Gasteiger partial charge in [0.05, 0.1) is 6.61 Å². The molecule has 3 atom stereocenters. The number of hydrogen-bond acceptors (Lipinski definition) is 5. The normalized spacial score (nSPS) is 20.5. The summed E-state index contributed by atoms with van der Waals surface area (Å²) in [7, 11) is -2.06. The van der Waals surface area contributed by atoms with E-state index >= 15 is 0 Å². The van der Waals surface area contributed by atoms with Crippen LogP contribution in [-0.4, -0.2) is 61.6 Å². The molecule has 6 nitrogen and oxygen atoms in total. The molecule has 1 aliphatic rings. The van der Waals surface area contributed by atoms with Gasteiger partial charge in [-0.2, -0.15) is 4.31 Å². The molecule has 0 amide bonds. The van der Waals surface area contributed by atoms with Crippen molar-refractivity contribution in [1.29, 1.82) is 0 Å². The van der Waals surface area contributed by atoms with E-state index in [1.165, 1.54) is 34.6 Å². The van der Waals surface area contributed by atoms with Crippen molar-refractivity contribution in [2.75, 3.05) is 26.7 Å². The molecule has 0 radical (unpaired) electrons. The second-order valence-electron chi connectivity index (χ2n) is 9.73. The molecular weight excluding hydrogens is 498 g/mol. The Morgan fingerprint density at radius 1 is 1.05 bits per heavy atom. The Morgan fingerprint density at radius 2 is 1.76 bits per heavy atom. The van der Waals surface area contributed by atoms with E-state index in [-0.39, 0.29) is 41.3 Å². The fourth-order valence-corrected chi connectivity index (χ4v) is 6.41. The molecule has 1 N–H and O–H groups in total. The van der Waals surface area contributed by atoms with Gasteiger partial charge in [-0.05, 0) is 67.1 Å². The van der Waals surface area contributed by atoms with Gasteiger partial charge < -0.3 is 9.84 Å². The van der Waals surface area contributed by atoms with Gasteiger partial charge in [0, 0.05) is 31.6 Å². The van der Waals surface area contributed by atoms with Crippen molar-refractivity contribution in [2.45, 2.75) is 37.4 Å². The highest BCUT2D eigenvalue weighted by atomic mass is 32.2. The molecule has 3 aromatic rings. The number of aliphatic hydroxyl groups excluding tert-OH is 1. The Bertz CT molecular complexity index is 1330. The molecule has 3 aromatic carbocycles. The zero-order valence-electron chi connectivity index (χ0n) is 21.1. The molecule has 1 heterocycles. The molecule has 0 saturated carbocycles. The van der Waals surface area contributed by atoms with Crippen LogP contribution in [0, 0.1) is 17.6 Å². The topological polar surface area (TPSA) is 70.1 Å². The zero-order valence-corrected chi connectivity index (χ0v) is 22.0. The smallest absolute Gasteiger partial charge is 0.247 e. The molecule has 0 fully saturated rings. The number of fused-ring (bicyclic) bond motifs is 1. The lowest BCUT2D eigenvalue weighted by Crippen LogP contribution is -2.49. The van der Waals surface area contributed by atoms with Gasteiger partial charge in [-0.3, -0.25) is 4.90 Å². The molecule has 0 bridgehead atoms. The first-order valence-electron chi connectivity index (χ1n) is 12.2. The number of sulfonamides is 1. The Labute approximate surface area is 217 Å². The Kier molecular flexibility index (Phi) is 8.28. The van der Waals surface area contributed by atoms with Crippen LogP contribution in [0.15, 0.2) is 71.6 Å². The van der Waals surface area contributed by atoms with Crippen molar-refractivity contribution >= 4 is 10.0 Å². The van der Waals surface area contributed by atoms with Crippen molar-refractivity contribution in [3.8, 4) is 16.9 Å². The molecule has 9 heteroatoms. The molecule has 4 rings (SSSR count). The predicted molar refractivity (Wildman–Crippen MR) is 139 cm³/mol. The van der Waals surface area contributed by atoms with E-state index in [4.69, 9.17) is 4.74 Å². The van der Waals surface area contributed by atoms with E-state index < -0.39 is 22.2 Å². The number of halogens is 2. The van der Waals surface area contributed by atoms with Gasteiger partial charge in [0.15, 0.2) is 0 Å². The van der Waals surface area contributed by atoms with E-state index in [1.54, 1.807) is 37.3 Å². The van der Waals surface area contributed by atoms with Crippen LogP contribution in [0.1, 0.15) is 19.4 Å². The van der Waals surface area contributed by atoms with Crippen LogP contribution in [-0.2, 0) is 16.6 Å². The summed E-state index contributed by atoms with van der Waals surface area (Å²) >= 11 is 0. The van der Waals surface area contributed by atoms with Crippen LogP contribution >= 0.6 is 0 Å². The number of rotatable bonds is 7. The average molecular weight is 531 g/mol. The highest BCUT2D eigenvalue weighted by Gasteiger charge is 2.38. The predicted octanol–water partition coefficient (Wildman–Crippen LogP) is 4.53. The molecule has 0 aliphatic carbocycles. The number of likely N-dealkylation sites (N-methyl/N-ethyl adjacent to an activating group) is 1. The van der Waals surface area contributed by atoms with Crippen LogP contribution in [0.5, 0.6) is 5.75 Å². The molecule has 37 heavy (non-hydrogen) atoms. The monoisotopic (exact) mass is 530 g/mol. The summed E-state index contributed by atoms with van der Waals surface area (Å²) in [6.07, 6.45) is -0.398. The minimum atomic E-state index is -3.96. The standard InChI is InChI=1S/C28H32F2N2O4S/c1-19-15-32(20(2)18-33)37(34,35)28-12-9-23(22-7-10-24(29)11-8-22)14-26(28)36-27(19)17-31(3)16-21-5-4-6-25(30)13-21/h4-14,19-20,27,33H,15-18H2,1-3H3/t19-,20-,27-/m0/s1. The Morgan fingerprint density at radius 3 is 2.43 bits per heavy atom. The van der Waals surface area contributed by atoms with Crippen LogP contribution in [0.25, 0.3) is 11.1 Å². The van der Waals surface area contributed by atoms with E-state index in [2.05, 4.69) is 0 Å². The zero-order chi connectivity index (χ0) is 26.7. The van der Waals surface area contributed by atoms with Gasteiger partial charge in [-0.25, -0.2) is 17.2 Å². The molecule has 198 valence electrons. The third-order valence-corrected chi connectivity index (χ3v) is 8.70. The van der Waals surface area contributed by atoms with Gasteiger partial charge in [-0.1, -0.05) is 37.3 Å². The van der Waals surface area contributed by atoms with E-state index in [1.807, 2.05) is 24.9 Å². The molecule has 0 unspecified atom stereocenters. The summed E-state index contributed by atoms with van der Waals surface area (Å²) in [5.41, 5.74) is 2.23. The lowest BCUT2D eigenvalue weighted by Gasteiger charge is -2.37. The fourth-order valence-electron chi connectivity index (χ4n) is 4.58. The van der Waals surface area contributed by atoms with E-state index in [0.29, 0.717) is 18.7 Å². The molecular formula is C28H32F2N2O4S. The van der Waals surface area contributed by atoms with Crippen molar-refractivity contribution in [3.63, 3.8) is 0 Å². The molecule has 1 aliphatic heterocycles. The first-order chi connectivity index (χ1) is 17.6. The summed E-state index contributed by atoms with van der Waals surface area (Å²) in [5, 5.41) is 9.82. The van der Waals surface area contributed by atoms with E-state index in [9.17, 15) is 22.3 Å². The lowest BCUT2D eigenvalue weighted by molar-refractivity contribution is 0.0734. The molecule has 0 saturated heterocycles. The van der Waals surface area contributed by atoms with E-state index in [0.717, 1.165) is 11.1 Å². The molecule has 0 aromatic heterocycles. The summed E-state index contributed by atoms with van der Waals surface area (Å²) in [5.74, 6) is -0.686. The maximum atomic E-state index is 13.7. The van der Waals surface area contributed by atoms with Crippen molar-refractivity contribution in [1.82, 2.24) is 9.21 Å². The van der Waals surface area contributed by atoms with Crippen LogP contribution in [0.3, 0.4) is 0 Å². The van der Waals surface area contributed by atoms with Crippen LogP contribution < -0.4 is 4.74 Å². The Balaban J connectivity index is 1.71. The van der Waals surface area contributed by atoms with Gasteiger partial charge in [0.25, 0.3) is 0 Å². The van der Waals surface area contributed by atoms with Gasteiger partial charge in [0.1, 0.15) is 28.4 Å². The van der Waals surface area contributed by atoms with Crippen LogP contribution in [0.4, 0.5) is 8.78 Å². The van der Waals surface area contributed by atoms with Crippen LogP contribution in [0.2, 0.25) is 0 Å². The minimum absolute atomic E-state index is 0.0170. The van der Waals surface area contributed by atoms with Crippen molar-refractivity contribution in [2.24, 2.45) is 5.92 Å². The number of nitrogens with zero attached hydrogens (tertiary/aromatic N) is 2. The number of hydrogen-bond donors (Lipinski definition) is 1. The third kappa shape index (κ3) is 6.18. The Hall–Kier alpha value is -2.85. The maximum absolute atomic E-state index is 13.7. The number of aliphatic hydroxyl groups is 1. The molecule has 0 spiro atoms.